The van der Waals surface area contributed by atoms with Gasteiger partial charge in [-0.2, -0.15) is 0 Å². The Labute approximate surface area is 295 Å². The molecule has 0 nitrogen and oxygen atoms in total. The number of rotatable bonds is 4. The van der Waals surface area contributed by atoms with Crippen molar-refractivity contribution in [2.45, 2.75) is 0 Å². The van der Waals surface area contributed by atoms with Gasteiger partial charge in [0.2, 0.25) is 0 Å². The summed E-state index contributed by atoms with van der Waals surface area (Å²) in [6, 6.07) is 5.87. The highest BCUT2D eigenvalue weighted by atomic mass is 14.2. The fraction of sp³-hybridized carbons (Fsp3) is 0. The summed E-state index contributed by atoms with van der Waals surface area (Å²) in [7, 11) is 0. The van der Waals surface area contributed by atoms with E-state index in [0.717, 1.165) is 21.9 Å². The van der Waals surface area contributed by atoms with Crippen molar-refractivity contribution in [2.24, 2.45) is 0 Å². The smallest absolute Gasteiger partial charge is 0.0622 e. The SMILES string of the molecule is [2H]c1c([2H])c([2H])c(-c2c([2H])c([2H])c3c(-c4ccc(-c5ccc6ccccc6c5)cc4)c4c([2H])c([2H])c([2H])c([2H])c4c(-c4c([2H])c([2H])c5c([2H])c([2H])c([2H])c([2H])c5c4[2H])c3c2[2H])c([2H])c1[2H]. The van der Waals surface area contributed by atoms with Gasteiger partial charge in [0.1, 0.15) is 0 Å². The summed E-state index contributed by atoms with van der Waals surface area (Å²) < 4.78 is 171. The van der Waals surface area contributed by atoms with Gasteiger partial charge in [0, 0.05) is 0 Å². The van der Waals surface area contributed by atoms with Gasteiger partial charge in [0.25, 0.3) is 0 Å². The van der Waals surface area contributed by atoms with Crippen molar-refractivity contribution < 1.29 is 26.0 Å². The summed E-state index contributed by atoms with van der Waals surface area (Å²) >= 11 is 0. The molecule has 0 amide bonds. The number of hydrogen-bond donors (Lipinski definition) is 0. The Bertz CT molecular complexity index is 3610. The van der Waals surface area contributed by atoms with Crippen LogP contribution in [0.5, 0.6) is 0 Å². The molecule has 0 bridgehead atoms. The molecule has 214 valence electrons. The van der Waals surface area contributed by atoms with E-state index in [0.29, 0.717) is 0 Å². The first-order chi connectivity index (χ1) is 30.7. The van der Waals surface area contributed by atoms with E-state index in [2.05, 4.69) is 0 Å². The van der Waals surface area contributed by atoms with E-state index in [4.69, 9.17) is 16.4 Å². The van der Waals surface area contributed by atoms with Crippen LogP contribution in [0.1, 0.15) is 26.0 Å². The maximum absolute atomic E-state index is 9.93. The van der Waals surface area contributed by atoms with E-state index in [1.807, 2.05) is 42.5 Å². The number of benzene rings is 9. The molecule has 0 spiro atoms. The molecule has 0 saturated carbocycles. The zero-order valence-electron chi connectivity index (χ0n) is 42.9. The van der Waals surface area contributed by atoms with Gasteiger partial charge in [-0.15, -0.1) is 0 Å². The second-order valence-electron chi connectivity index (χ2n) is 10.6. The van der Waals surface area contributed by atoms with Crippen LogP contribution in [-0.4, -0.2) is 0 Å². The van der Waals surface area contributed by atoms with Crippen LogP contribution in [0.4, 0.5) is 0 Å². The molecule has 0 atom stereocenters. The summed E-state index contributed by atoms with van der Waals surface area (Å²) in [5, 5.41) is -0.420. The highest BCUT2D eigenvalue weighted by Gasteiger charge is 2.18. The molecule has 46 heavy (non-hydrogen) atoms. The zero-order valence-corrected chi connectivity index (χ0v) is 23.9. The van der Waals surface area contributed by atoms with Crippen molar-refractivity contribution in [1.82, 2.24) is 0 Å². The predicted octanol–water partition coefficient (Wildman–Crippen LogP) is 13.0. The summed E-state index contributed by atoms with van der Waals surface area (Å²) in [5.41, 5.74) is -0.616. The minimum atomic E-state index is -0.833. The molecule has 0 heteroatoms. The summed E-state index contributed by atoms with van der Waals surface area (Å²) in [4.78, 5) is 0. The van der Waals surface area contributed by atoms with E-state index in [-0.39, 0.29) is 21.9 Å². The average Bonchev–Trinajstić information content (AvgIpc) is 3.30. The maximum atomic E-state index is 9.93. The lowest BCUT2D eigenvalue weighted by atomic mass is 9.84. The molecule has 9 aromatic rings. The van der Waals surface area contributed by atoms with E-state index in [1.54, 1.807) is 24.3 Å². The Kier molecular flexibility index (Phi) is 3.21. The molecule has 0 N–H and O–H groups in total. The maximum Gasteiger partial charge on any atom is 0.0636 e. The van der Waals surface area contributed by atoms with Crippen LogP contribution in [0.25, 0.3) is 87.6 Å². The average molecular weight is 602 g/mol. The summed E-state index contributed by atoms with van der Waals surface area (Å²) in [6.45, 7) is 0. The largest absolute Gasteiger partial charge is 0.0636 e. The van der Waals surface area contributed by atoms with Crippen molar-refractivity contribution >= 4 is 43.1 Å². The topological polar surface area (TPSA) is 0 Å². The molecule has 0 fully saturated rings. The molecular weight excluding hydrogens is 553 g/mol. The quantitative estimate of drug-likeness (QED) is 0.176. The van der Waals surface area contributed by atoms with Gasteiger partial charge in [-0.1, -0.05) is 163 Å². The van der Waals surface area contributed by atoms with Crippen LogP contribution in [0.15, 0.2) is 182 Å². The van der Waals surface area contributed by atoms with Gasteiger partial charge in [-0.05, 0) is 106 Å². The molecule has 0 radical (unpaired) electrons. The first-order valence-corrected chi connectivity index (χ1v) is 14.4. The lowest BCUT2D eigenvalue weighted by Gasteiger charge is -2.19. The fourth-order valence-corrected chi connectivity index (χ4v) is 5.86. The molecule has 9 rings (SSSR count). The van der Waals surface area contributed by atoms with Crippen molar-refractivity contribution in [3.05, 3.63) is 182 Å². The molecule has 0 heterocycles. The van der Waals surface area contributed by atoms with Crippen molar-refractivity contribution in [2.75, 3.05) is 0 Å². The van der Waals surface area contributed by atoms with E-state index in [9.17, 15) is 9.60 Å². The van der Waals surface area contributed by atoms with Gasteiger partial charge >= 0.3 is 0 Å². The number of fused-ring (bicyclic) bond motifs is 4. The first kappa shape index (κ1) is 13.6. The van der Waals surface area contributed by atoms with Gasteiger partial charge in [-0.25, -0.2) is 0 Å². The van der Waals surface area contributed by atoms with Crippen LogP contribution >= 0.6 is 0 Å². The molecule has 0 aliphatic rings. The van der Waals surface area contributed by atoms with Crippen molar-refractivity contribution in [1.29, 1.82) is 0 Å². The third-order valence-electron chi connectivity index (χ3n) is 8.01. The van der Waals surface area contributed by atoms with Crippen LogP contribution < -0.4 is 0 Å². The van der Waals surface area contributed by atoms with E-state index < -0.39 is 159 Å². The normalized spacial score (nSPS) is 17.3. The number of hydrogen-bond acceptors (Lipinski definition) is 0. The Morgan fingerprint density at radius 2 is 0.913 bits per heavy atom. The highest BCUT2D eigenvalue weighted by molar-refractivity contribution is 6.22. The Morgan fingerprint density at radius 1 is 0.304 bits per heavy atom. The van der Waals surface area contributed by atoms with Crippen molar-refractivity contribution in [3.63, 3.8) is 0 Å². The first-order valence-electron chi connectivity index (χ1n) is 23.9. The Balaban J connectivity index is 1.55. The highest BCUT2D eigenvalue weighted by Crippen LogP contribution is 2.45. The third-order valence-corrected chi connectivity index (χ3v) is 8.01. The molecular formula is C46H30. The minimum Gasteiger partial charge on any atom is -0.0622 e. The van der Waals surface area contributed by atoms with E-state index >= 15 is 0 Å². The van der Waals surface area contributed by atoms with Gasteiger partial charge in [-0.3, -0.25) is 0 Å². The second kappa shape index (κ2) is 10.9. The van der Waals surface area contributed by atoms with Crippen LogP contribution in [0.3, 0.4) is 0 Å². The summed E-state index contributed by atoms with van der Waals surface area (Å²) in [5.74, 6) is 0. The molecule has 0 aromatic heterocycles. The second-order valence-corrected chi connectivity index (χ2v) is 10.6. The van der Waals surface area contributed by atoms with E-state index in [1.165, 1.54) is 0 Å². The van der Waals surface area contributed by atoms with Crippen LogP contribution in [0, 0.1) is 0 Å². The van der Waals surface area contributed by atoms with Crippen LogP contribution in [0.2, 0.25) is 0 Å². The third kappa shape index (κ3) is 4.47. The summed E-state index contributed by atoms with van der Waals surface area (Å²) in [6.07, 6.45) is 0. The monoisotopic (exact) mass is 601 g/mol. The molecule has 9 aromatic carbocycles. The molecule has 0 aliphatic carbocycles. The zero-order chi connectivity index (χ0) is 47.0. The Hall–Kier alpha value is -5.98. The van der Waals surface area contributed by atoms with Crippen molar-refractivity contribution in [3.8, 4) is 44.5 Å². The molecule has 0 saturated heterocycles. The van der Waals surface area contributed by atoms with Crippen LogP contribution in [-0.2, 0) is 0 Å². The van der Waals surface area contributed by atoms with Gasteiger partial charge in [0.05, 0.1) is 26.0 Å². The minimum absolute atomic E-state index is 0.0673. The van der Waals surface area contributed by atoms with Gasteiger partial charge < -0.3 is 0 Å². The van der Waals surface area contributed by atoms with Gasteiger partial charge in [0.15, 0.2) is 0 Å². The molecule has 0 aliphatic heterocycles. The standard InChI is InChI=1S/C46H30/c1-2-10-31(11-3-1)39-26-27-43-44(30-39)46(40-25-21-33-13-5-7-15-37(33)29-40)42-17-9-8-16-41(42)45(43)35-22-18-34(19-23-35)38-24-20-32-12-4-6-14-36(32)28-38/h1-30H/i1D,2D,3D,5D,7D,8D,9D,10D,11D,13D,15D,16D,17D,21D,25D,26D,27D,29D,30D. The lowest BCUT2D eigenvalue weighted by molar-refractivity contribution is 1.62. The fourth-order valence-electron chi connectivity index (χ4n) is 5.86. The lowest BCUT2D eigenvalue weighted by Crippen LogP contribution is -1.92. The molecule has 0 unspecified atom stereocenters. The Morgan fingerprint density at radius 3 is 1.72 bits per heavy atom. The predicted molar refractivity (Wildman–Crippen MR) is 198 cm³/mol.